The third kappa shape index (κ3) is 2.91. The van der Waals surface area contributed by atoms with Crippen molar-refractivity contribution in [2.24, 2.45) is 7.05 Å². The van der Waals surface area contributed by atoms with Gasteiger partial charge in [-0.3, -0.25) is 10.1 Å². The van der Waals surface area contributed by atoms with Crippen LogP contribution >= 0.6 is 22.9 Å². The van der Waals surface area contributed by atoms with Crippen LogP contribution < -0.4 is 5.32 Å². The number of rotatable bonds is 3. The Kier molecular flexibility index (Phi) is 4.00. The first-order chi connectivity index (χ1) is 10.5. The predicted molar refractivity (Wildman–Crippen MR) is 90.7 cm³/mol. The largest absolute Gasteiger partial charge is 0.347 e. The molecule has 0 aliphatic carbocycles. The molecule has 0 saturated heterocycles. The Morgan fingerprint density at radius 3 is 2.64 bits per heavy atom. The zero-order valence-corrected chi connectivity index (χ0v) is 13.7. The molecule has 2 heterocycles. The quantitative estimate of drug-likeness (QED) is 0.775. The molecule has 0 unspecified atom stereocenters. The number of hydrogen-bond acceptors (Lipinski definition) is 3. The van der Waals surface area contributed by atoms with Gasteiger partial charge in [-0.2, -0.15) is 0 Å². The molecule has 0 radical (unpaired) electrons. The highest BCUT2D eigenvalue weighted by atomic mass is 35.5. The van der Waals surface area contributed by atoms with Crippen LogP contribution in [0, 0.1) is 6.92 Å². The van der Waals surface area contributed by atoms with Crippen LogP contribution in [0.1, 0.15) is 15.4 Å². The molecule has 4 nitrogen and oxygen atoms in total. The smallest absolute Gasteiger partial charge is 0.274 e. The lowest BCUT2D eigenvalue weighted by molar-refractivity contribution is 0.101. The SMILES string of the molecule is Cc1sc(NC(=O)c2cccn2C)nc1-c1ccc(Cl)cc1. The van der Waals surface area contributed by atoms with Crippen molar-refractivity contribution in [1.29, 1.82) is 0 Å². The van der Waals surface area contributed by atoms with E-state index in [1.165, 1.54) is 11.3 Å². The number of benzene rings is 1. The van der Waals surface area contributed by atoms with Crippen LogP contribution in [0.5, 0.6) is 0 Å². The zero-order valence-electron chi connectivity index (χ0n) is 12.1. The summed E-state index contributed by atoms with van der Waals surface area (Å²) in [6.45, 7) is 1.99. The molecule has 1 aromatic carbocycles. The summed E-state index contributed by atoms with van der Waals surface area (Å²) in [6.07, 6.45) is 1.83. The molecule has 1 N–H and O–H groups in total. The van der Waals surface area contributed by atoms with Crippen LogP contribution in [0.3, 0.4) is 0 Å². The van der Waals surface area contributed by atoms with E-state index in [-0.39, 0.29) is 5.91 Å². The Bertz CT molecular complexity index is 820. The van der Waals surface area contributed by atoms with Crippen LogP contribution in [0.25, 0.3) is 11.3 Å². The van der Waals surface area contributed by atoms with Gasteiger partial charge in [-0.05, 0) is 31.2 Å². The number of aromatic nitrogens is 2. The number of thiazole rings is 1. The minimum atomic E-state index is -0.163. The van der Waals surface area contributed by atoms with Gasteiger partial charge in [-0.25, -0.2) is 4.98 Å². The maximum absolute atomic E-state index is 12.2. The van der Waals surface area contributed by atoms with Crippen molar-refractivity contribution in [3.05, 3.63) is 58.2 Å². The predicted octanol–water partition coefficient (Wildman–Crippen LogP) is 4.36. The first kappa shape index (κ1) is 14.8. The monoisotopic (exact) mass is 331 g/mol. The third-order valence-electron chi connectivity index (χ3n) is 3.31. The van der Waals surface area contributed by atoms with Gasteiger partial charge in [0.15, 0.2) is 5.13 Å². The van der Waals surface area contributed by atoms with E-state index in [0.29, 0.717) is 15.8 Å². The summed E-state index contributed by atoms with van der Waals surface area (Å²) in [7, 11) is 1.83. The lowest BCUT2D eigenvalue weighted by atomic mass is 10.1. The highest BCUT2D eigenvalue weighted by Crippen LogP contribution is 2.31. The number of anilines is 1. The molecule has 0 fully saturated rings. The number of nitrogens with zero attached hydrogens (tertiary/aromatic N) is 2. The second kappa shape index (κ2) is 5.94. The van der Waals surface area contributed by atoms with Gasteiger partial charge in [0.1, 0.15) is 5.69 Å². The summed E-state index contributed by atoms with van der Waals surface area (Å²) in [4.78, 5) is 17.8. The van der Waals surface area contributed by atoms with Gasteiger partial charge in [0.25, 0.3) is 5.91 Å². The Morgan fingerprint density at radius 1 is 1.27 bits per heavy atom. The van der Waals surface area contributed by atoms with Gasteiger partial charge >= 0.3 is 0 Å². The number of nitrogens with one attached hydrogen (secondary N) is 1. The van der Waals surface area contributed by atoms with Crippen molar-refractivity contribution in [3.63, 3.8) is 0 Å². The Labute approximate surface area is 137 Å². The molecule has 0 bridgehead atoms. The van der Waals surface area contributed by atoms with Gasteiger partial charge in [-0.15, -0.1) is 11.3 Å². The van der Waals surface area contributed by atoms with Crippen LogP contribution in [0.2, 0.25) is 5.02 Å². The average Bonchev–Trinajstić information content (AvgIpc) is 3.06. The van der Waals surface area contributed by atoms with Crippen LogP contribution in [0.15, 0.2) is 42.6 Å². The van der Waals surface area contributed by atoms with E-state index in [4.69, 9.17) is 11.6 Å². The summed E-state index contributed by atoms with van der Waals surface area (Å²) in [6, 6.07) is 11.1. The molecule has 0 atom stereocenters. The maximum Gasteiger partial charge on any atom is 0.274 e. The molecule has 3 rings (SSSR count). The molecule has 0 aliphatic rings. The molecular weight excluding hydrogens is 318 g/mol. The van der Waals surface area contributed by atoms with Gasteiger partial charge in [0, 0.05) is 28.7 Å². The Morgan fingerprint density at radius 2 is 2.00 bits per heavy atom. The number of aryl methyl sites for hydroxylation is 2. The van der Waals surface area contributed by atoms with Gasteiger partial charge in [0.05, 0.1) is 5.69 Å². The van der Waals surface area contributed by atoms with Gasteiger partial charge < -0.3 is 4.57 Å². The Hall–Kier alpha value is -2.11. The average molecular weight is 332 g/mol. The summed E-state index contributed by atoms with van der Waals surface area (Å²) in [5.41, 5.74) is 2.45. The summed E-state index contributed by atoms with van der Waals surface area (Å²) < 4.78 is 1.77. The van der Waals surface area contributed by atoms with Gasteiger partial charge in [-0.1, -0.05) is 23.7 Å². The number of carbonyl (C=O) groups excluding carboxylic acids is 1. The standard InChI is InChI=1S/C16H14ClN3OS/c1-10-14(11-5-7-12(17)8-6-11)18-16(22-10)19-15(21)13-4-3-9-20(13)2/h3-9H,1-2H3,(H,18,19,21). The topological polar surface area (TPSA) is 46.9 Å². The minimum absolute atomic E-state index is 0.163. The van der Waals surface area contributed by atoms with E-state index in [2.05, 4.69) is 10.3 Å². The number of halogens is 1. The summed E-state index contributed by atoms with van der Waals surface area (Å²) in [5, 5.41) is 4.13. The van der Waals surface area contributed by atoms with E-state index in [9.17, 15) is 4.79 Å². The highest BCUT2D eigenvalue weighted by molar-refractivity contribution is 7.16. The first-order valence-corrected chi connectivity index (χ1v) is 7.90. The van der Waals surface area contributed by atoms with Gasteiger partial charge in [0.2, 0.25) is 0 Å². The Balaban J connectivity index is 1.85. The van der Waals surface area contributed by atoms with E-state index in [0.717, 1.165) is 16.1 Å². The number of amides is 1. The lowest BCUT2D eigenvalue weighted by Crippen LogP contribution is -2.15. The molecule has 6 heteroatoms. The van der Waals surface area contributed by atoms with Crippen LogP contribution in [-0.4, -0.2) is 15.5 Å². The molecule has 0 spiro atoms. The van der Waals surface area contributed by atoms with Crippen LogP contribution in [-0.2, 0) is 7.05 Å². The summed E-state index contributed by atoms with van der Waals surface area (Å²) >= 11 is 7.37. The highest BCUT2D eigenvalue weighted by Gasteiger charge is 2.14. The van der Waals surface area contributed by atoms with E-state index < -0.39 is 0 Å². The van der Waals surface area contributed by atoms with E-state index >= 15 is 0 Å². The molecule has 112 valence electrons. The number of carbonyl (C=O) groups is 1. The van der Waals surface area contributed by atoms with Crippen molar-refractivity contribution >= 4 is 34.0 Å². The van der Waals surface area contributed by atoms with Crippen molar-refractivity contribution in [2.45, 2.75) is 6.92 Å². The zero-order chi connectivity index (χ0) is 15.7. The molecule has 3 aromatic rings. The fraction of sp³-hybridized carbons (Fsp3) is 0.125. The molecule has 0 aliphatic heterocycles. The minimum Gasteiger partial charge on any atom is -0.347 e. The van der Waals surface area contributed by atoms with Crippen molar-refractivity contribution in [1.82, 2.24) is 9.55 Å². The second-order valence-electron chi connectivity index (χ2n) is 4.89. The third-order valence-corrected chi connectivity index (χ3v) is 4.45. The lowest BCUT2D eigenvalue weighted by Gasteiger charge is -2.02. The normalized spacial score (nSPS) is 10.7. The molecule has 0 saturated carbocycles. The number of hydrogen-bond donors (Lipinski definition) is 1. The van der Waals surface area contributed by atoms with E-state index in [1.807, 2.05) is 50.5 Å². The van der Waals surface area contributed by atoms with Crippen LogP contribution in [0.4, 0.5) is 5.13 Å². The molecule has 22 heavy (non-hydrogen) atoms. The van der Waals surface area contributed by atoms with Crippen molar-refractivity contribution in [2.75, 3.05) is 5.32 Å². The fourth-order valence-electron chi connectivity index (χ4n) is 2.18. The van der Waals surface area contributed by atoms with Crippen molar-refractivity contribution in [3.8, 4) is 11.3 Å². The first-order valence-electron chi connectivity index (χ1n) is 6.70. The van der Waals surface area contributed by atoms with Crippen molar-refractivity contribution < 1.29 is 4.79 Å². The maximum atomic E-state index is 12.2. The molecule has 2 aromatic heterocycles. The molecular formula is C16H14ClN3OS. The summed E-state index contributed by atoms with van der Waals surface area (Å²) in [5.74, 6) is -0.163. The second-order valence-corrected chi connectivity index (χ2v) is 6.53. The fourth-order valence-corrected chi connectivity index (χ4v) is 3.14. The molecule has 1 amide bonds. The van der Waals surface area contributed by atoms with E-state index in [1.54, 1.807) is 10.6 Å².